The van der Waals surface area contributed by atoms with Crippen LogP contribution in [0.3, 0.4) is 0 Å². The molecule has 27 heavy (non-hydrogen) atoms. The molecule has 3 rings (SSSR count). The van der Waals surface area contributed by atoms with E-state index in [-0.39, 0.29) is 5.91 Å². The fraction of sp³-hybridized carbons (Fsp3) is 0.0952. The van der Waals surface area contributed by atoms with E-state index in [0.717, 1.165) is 11.3 Å². The maximum absolute atomic E-state index is 12.6. The summed E-state index contributed by atoms with van der Waals surface area (Å²) in [7, 11) is 1.56. The van der Waals surface area contributed by atoms with E-state index in [9.17, 15) is 4.79 Å². The van der Waals surface area contributed by atoms with Gasteiger partial charge in [-0.15, -0.1) is 0 Å². The Morgan fingerprint density at radius 1 is 1.11 bits per heavy atom. The van der Waals surface area contributed by atoms with Crippen LogP contribution >= 0.6 is 0 Å². The van der Waals surface area contributed by atoms with Crippen molar-refractivity contribution in [2.24, 2.45) is 0 Å². The second kappa shape index (κ2) is 8.02. The fourth-order valence-corrected chi connectivity index (χ4v) is 2.58. The summed E-state index contributed by atoms with van der Waals surface area (Å²) in [6.07, 6.45) is 3.11. The number of nitriles is 1. The molecule has 0 saturated carbocycles. The Bertz CT molecular complexity index is 1020. The maximum Gasteiger partial charge on any atom is 0.257 e. The van der Waals surface area contributed by atoms with Crippen LogP contribution < -0.4 is 15.4 Å². The van der Waals surface area contributed by atoms with E-state index < -0.39 is 0 Å². The van der Waals surface area contributed by atoms with Crippen molar-refractivity contribution in [3.8, 4) is 11.8 Å². The first-order valence-electron chi connectivity index (χ1n) is 8.27. The average Bonchev–Trinajstić information content (AvgIpc) is 2.68. The summed E-state index contributed by atoms with van der Waals surface area (Å²) in [5, 5.41) is 15.0. The van der Waals surface area contributed by atoms with Crippen molar-refractivity contribution >= 4 is 23.0 Å². The van der Waals surface area contributed by atoms with Crippen LogP contribution in [0.15, 0.2) is 60.9 Å². The van der Waals surface area contributed by atoms with E-state index in [1.54, 1.807) is 37.6 Å². The van der Waals surface area contributed by atoms with Gasteiger partial charge in [-0.25, -0.2) is 0 Å². The summed E-state index contributed by atoms with van der Waals surface area (Å²) in [5.74, 6) is 0.297. The zero-order valence-electron chi connectivity index (χ0n) is 15.0. The third-order valence-electron chi connectivity index (χ3n) is 3.88. The first-order chi connectivity index (χ1) is 13.1. The van der Waals surface area contributed by atoms with E-state index in [4.69, 9.17) is 10.00 Å². The molecular weight excluding hydrogens is 340 g/mol. The number of pyridine rings is 1. The lowest BCUT2D eigenvalue weighted by atomic mass is 10.2. The highest BCUT2D eigenvalue weighted by Gasteiger charge is 2.11. The number of hydrogen-bond acceptors (Lipinski definition) is 5. The molecule has 0 radical (unpaired) electrons. The number of carbonyl (C=O) groups excluding carboxylic acids is 1. The van der Waals surface area contributed by atoms with Crippen LogP contribution in [-0.2, 0) is 0 Å². The summed E-state index contributed by atoms with van der Waals surface area (Å²) in [6.45, 7) is 1.94. The summed E-state index contributed by atoms with van der Waals surface area (Å²) >= 11 is 0. The number of nitrogens with one attached hydrogen (secondary N) is 2. The second-order valence-electron chi connectivity index (χ2n) is 5.94. The first-order valence-corrected chi connectivity index (χ1v) is 8.27. The number of aromatic nitrogens is 1. The van der Waals surface area contributed by atoms with Crippen molar-refractivity contribution in [3.05, 3.63) is 77.6 Å². The third kappa shape index (κ3) is 4.41. The quantitative estimate of drug-likeness (QED) is 0.711. The van der Waals surface area contributed by atoms with Crippen molar-refractivity contribution in [2.75, 3.05) is 17.7 Å². The van der Waals surface area contributed by atoms with Crippen molar-refractivity contribution < 1.29 is 9.53 Å². The van der Waals surface area contributed by atoms with Crippen LogP contribution in [-0.4, -0.2) is 18.0 Å². The first kappa shape index (κ1) is 18.0. The normalized spacial score (nSPS) is 9.96. The van der Waals surface area contributed by atoms with Crippen molar-refractivity contribution in [1.29, 1.82) is 5.26 Å². The molecule has 0 aliphatic rings. The van der Waals surface area contributed by atoms with Crippen LogP contribution in [0.1, 0.15) is 21.5 Å². The van der Waals surface area contributed by atoms with Gasteiger partial charge in [-0.3, -0.25) is 9.78 Å². The Kier molecular flexibility index (Phi) is 5.33. The molecule has 6 heteroatoms. The van der Waals surface area contributed by atoms with Crippen molar-refractivity contribution in [1.82, 2.24) is 4.98 Å². The number of benzene rings is 2. The molecule has 6 nitrogen and oxygen atoms in total. The number of anilines is 3. The Labute approximate surface area is 157 Å². The SMILES string of the molecule is COc1ccc(C)cc1NC(=O)c1cncc(Nc2cccc(C#N)c2)c1. The monoisotopic (exact) mass is 358 g/mol. The number of nitrogens with zero attached hydrogens (tertiary/aromatic N) is 2. The van der Waals surface area contributed by atoms with E-state index in [0.29, 0.717) is 28.3 Å². The molecule has 0 bridgehead atoms. The number of aryl methyl sites for hydroxylation is 1. The van der Waals surface area contributed by atoms with Crippen molar-refractivity contribution in [3.63, 3.8) is 0 Å². The minimum absolute atomic E-state index is 0.291. The molecule has 0 atom stereocenters. The van der Waals surface area contributed by atoms with Gasteiger partial charge in [0.15, 0.2) is 0 Å². The van der Waals surface area contributed by atoms with Gasteiger partial charge in [0, 0.05) is 11.9 Å². The standard InChI is InChI=1S/C21H18N4O2/c1-14-6-7-20(27-2)19(8-14)25-21(26)16-10-18(13-23-12-16)24-17-5-3-4-15(9-17)11-22/h3-10,12-13,24H,1-2H3,(H,25,26). The lowest BCUT2D eigenvalue weighted by molar-refractivity contribution is 0.102. The minimum atomic E-state index is -0.291. The molecule has 1 heterocycles. The van der Waals surface area contributed by atoms with Crippen LogP contribution in [0.4, 0.5) is 17.1 Å². The maximum atomic E-state index is 12.6. The molecule has 0 unspecified atom stereocenters. The van der Waals surface area contributed by atoms with Gasteiger partial charge in [-0.05, 0) is 48.9 Å². The molecule has 0 spiro atoms. The third-order valence-corrected chi connectivity index (χ3v) is 3.88. The lowest BCUT2D eigenvalue weighted by Gasteiger charge is -2.12. The molecule has 0 aliphatic carbocycles. The van der Waals surface area contributed by atoms with Crippen LogP contribution in [0, 0.1) is 18.3 Å². The molecule has 3 aromatic rings. The van der Waals surface area contributed by atoms with E-state index >= 15 is 0 Å². The molecular formula is C21H18N4O2. The van der Waals surface area contributed by atoms with Crippen LogP contribution in [0.25, 0.3) is 0 Å². The number of amides is 1. The summed E-state index contributed by atoms with van der Waals surface area (Å²) in [4.78, 5) is 16.7. The van der Waals surface area contributed by atoms with Gasteiger partial charge in [0.2, 0.25) is 0 Å². The number of ether oxygens (including phenoxy) is 1. The van der Waals surface area contributed by atoms with Gasteiger partial charge in [0.1, 0.15) is 5.75 Å². The van der Waals surface area contributed by atoms with Crippen molar-refractivity contribution in [2.45, 2.75) is 6.92 Å². The van der Waals surface area contributed by atoms with Crippen LogP contribution in [0.2, 0.25) is 0 Å². The van der Waals surface area contributed by atoms with E-state index in [1.807, 2.05) is 31.2 Å². The summed E-state index contributed by atoms with van der Waals surface area (Å²) in [6, 6.07) is 16.4. The number of methoxy groups -OCH3 is 1. The number of carbonyl (C=O) groups is 1. The van der Waals surface area contributed by atoms with Crippen LogP contribution in [0.5, 0.6) is 5.75 Å². The predicted octanol–water partition coefficient (Wildman–Crippen LogP) is 4.27. The minimum Gasteiger partial charge on any atom is -0.495 e. The molecule has 0 fully saturated rings. The molecule has 134 valence electrons. The Hall–Kier alpha value is -3.85. The predicted molar refractivity (Wildman–Crippen MR) is 104 cm³/mol. The Morgan fingerprint density at radius 2 is 1.96 bits per heavy atom. The molecule has 2 aromatic carbocycles. The lowest BCUT2D eigenvalue weighted by Crippen LogP contribution is -2.13. The molecule has 1 amide bonds. The molecule has 0 saturated heterocycles. The highest BCUT2D eigenvalue weighted by Crippen LogP contribution is 2.26. The zero-order chi connectivity index (χ0) is 19.2. The number of rotatable bonds is 5. The highest BCUT2D eigenvalue weighted by molar-refractivity contribution is 6.05. The second-order valence-corrected chi connectivity index (χ2v) is 5.94. The molecule has 2 N–H and O–H groups in total. The van der Waals surface area contributed by atoms with Gasteiger partial charge in [0.05, 0.1) is 41.9 Å². The Balaban J connectivity index is 1.80. The number of hydrogen-bond donors (Lipinski definition) is 2. The molecule has 1 aromatic heterocycles. The highest BCUT2D eigenvalue weighted by atomic mass is 16.5. The van der Waals surface area contributed by atoms with E-state index in [1.165, 1.54) is 6.20 Å². The van der Waals surface area contributed by atoms with Gasteiger partial charge in [0.25, 0.3) is 5.91 Å². The van der Waals surface area contributed by atoms with E-state index in [2.05, 4.69) is 21.7 Å². The largest absolute Gasteiger partial charge is 0.495 e. The fourth-order valence-electron chi connectivity index (χ4n) is 2.58. The smallest absolute Gasteiger partial charge is 0.257 e. The van der Waals surface area contributed by atoms with Gasteiger partial charge >= 0.3 is 0 Å². The zero-order valence-corrected chi connectivity index (χ0v) is 15.0. The summed E-state index contributed by atoms with van der Waals surface area (Å²) in [5.41, 5.74) is 3.95. The topological polar surface area (TPSA) is 87.0 Å². The van der Waals surface area contributed by atoms with Gasteiger partial charge < -0.3 is 15.4 Å². The van der Waals surface area contributed by atoms with Gasteiger partial charge in [-0.2, -0.15) is 5.26 Å². The average molecular weight is 358 g/mol. The Morgan fingerprint density at radius 3 is 2.74 bits per heavy atom. The molecule has 0 aliphatic heterocycles. The summed E-state index contributed by atoms with van der Waals surface area (Å²) < 4.78 is 5.29. The van der Waals surface area contributed by atoms with Gasteiger partial charge in [-0.1, -0.05) is 12.1 Å².